The highest BCUT2D eigenvalue weighted by Gasteiger charge is 2.66. The molecule has 11 atom stereocenters. The fraction of sp³-hybridized carbons (Fsp3) is 0.952. The van der Waals surface area contributed by atoms with Gasteiger partial charge in [-0.15, -0.1) is 0 Å². The minimum Gasteiger partial charge on any atom is -0.455 e. The van der Waals surface area contributed by atoms with E-state index in [0.29, 0.717) is 0 Å². The number of fused-ring (bicyclic) bond motifs is 2. The van der Waals surface area contributed by atoms with E-state index in [9.17, 15) is 39.9 Å². The third kappa shape index (κ3) is 5.59. The first-order valence-electron chi connectivity index (χ1n) is 10.8. The van der Waals surface area contributed by atoms with Gasteiger partial charge in [-0.05, 0) is 31.1 Å². The number of ether oxygens (including phenoxy) is 2. The van der Waals surface area contributed by atoms with E-state index < -0.39 is 85.3 Å². The highest BCUT2D eigenvalue weighted by Crippen LogP contribution is 2.55. The van der Waals surface area contributed by atoms with E-state index in [1.54, 1.807) is 6.92 Å². The van der Waals surface area contributed by atoms with Gasteiger partial charge in [0.15, 0.2) is 42.7 Å². The third-order valence-electron chi connectivity index (χ3n) is 6.62. The molecule has 200 valence electrons. The number of carbonyl (C=O) groups excluding carboxylic acids is 1. The maximum Gasteiger partial charge on any atom is 0.377 e. The molecule has 0 heterocycles. The topological polar surface area (TPSA) is 35.5 Å². The zero-order valence-corrected chi connectivity index (χ0v) is 18.7. The molecule has 34 heavy (non-hydrogen) atoms. The van der Waals surface area contributed by atoms with Crippen LogP contribution in [0.4, 0.5) is 43.9 Å². The second kappa shape index (κ2) is 10.4. The normalized spacial score (nSPS) is 37.3. The maximum atomic E-state index is 16.1. The molecule has 0 N–H and O–H groups in total. The van der Waals surface area contributed by atoms with Gasteiger partial charge < -0.3 is 9.47 Å². The molecule has 0 amide bonds. The Morgan fingerprint density at radius 1 is 1.03 bits per heavy atom. The Morgan fingerprint density at radius 2 is 1.59 bits per heavy atom. The number of alkyl halides is 10. The van der Waals surface area contributed by atoms with Crippen LogP contribution in [-0.4, -0.2) is 80.1 Å². The average molecular weight is 518 g/mol. The van der Waals surface area contributed by atoms with Crippen LogP contribution in [0.1, 0.15) is 39.5 Å². The van der Waals surface area contributed by atoms with Crippen LogP contribution in [0.15, 0.2) is 0 Å². The lowest BCUT2D eigenvalue weighted by Gasteiger charge is -2.55. The molecule has 13 heteroatoms. The summed E-state index contributed by atoms with van der Waals surface area (Å²) in [6.07, 6.45) is -24.5. The van der Waals surface area contributed by atoms with Gasteiger partial charge in [0.1, 0.15) is 12.3 Å². The Bertz CT molecular complexity index is 709. The van der Waals surface area contributed by atoms with Crippen molar-refractivity contribution in [2.75, 3.05) is 13.8 Å². The van der Waals surface area contributed by atoms with E-state index in [2.05, 4.69) is 0 Å². The second-order valence-corrected chi connectivity index (χ2v) is 9.58. The van der Waals surface area contributed by atoms with Gasteiger partial charge in [0.05, 0.1) is 6.10 Å². The molecule has 2 rings (SSSR count). The largest absolute Gasteiger partial charge is 0.455 e. The third-order valence-corrected chi connectivity index (χ3v) is 6.62. The number of halogens is 10. The summed E-state index contributed by atoms with van der Waals surface area (Å²) < 4.78 is 150. The number of hydrogen-bond acceptors (Lipinski definition) is 3. The van der Waals surface area contributed by atoms with Crippen molar-refractivity contribution >= 4 is 5.97 Å². The van der Waals surface area contributed by atoms with Crippen LogP contribution in [0.25, 0.3) is 0 Å². The summed E-state index contributed by atoms with van der Waals surface area (Å²) in [6, 6.07) is 0. The summed E-state index contributed by atoms with van der Waals surface area (Å²) in [5.41, 5.74) is -5.53. The Balaban J connectivity index is 2.38. The van der Waals surface area contributed by atoms with Crippen molar-refractivity contribution in [2.45, 2.75) is 99.9 Å². The first-order chi connectivity index (χ1) is 15.5. The van der Waals surface area contributed by atoms with Crippen LogP contribution in [0, 0.1) is 11.8 Å². The molecule has 2 saturated carbocycles. The van der Waals surface area contributed by atoms with E-state index in [4.69, 9.17) is 9.47 Å². The highest BCUT2D eigenvalue weighted by molar-refractivity contribution is 5.77. The summed E-state index contributed by atoms with van der Waals surface area (Å²) in [6.45, 7) is -0.196. The van der Waals surface area contributed by atoms with Crippen LogP contribution < -0.4 is 0 Å². The zero-order valence-electron chi connectivity index (χ0n) is 18.7. The molecule has 2 fully saturated rings. The molecule has 0 aliphatic heterocycles. The molecule has 0 radical (unpaired) electrons. The van der Waals surface area contributed by atoms with Crippen LogP contribution >= 0.6 is 0 Å². The predicted molar refractivity (Wildman–Crippen MR) is 101 cm³/mol. The summed E-state index contributed by atoms with van der Waals surface area (Å²) in [5, 5.41) is 0. The van der Waals surface area contributed by atoms with E-state index in [1.807, 2.05) is 0 Å². The Labute approximate surface area is 190 Å². The smallest absolute Gasteiger partial charge is 0.377 e. The Morgan fingerprint density at radius 3 is 2.09 bits per heavy atom. The first-order valence-corrected chi connectivity index (χ1v) is 10.8. The molecule has 0 aromatic heterocycles. The molecule has 0 aromatic rings. The lowest BCUT2D eigenvalue weighted by molar-refractivity contribution is -0.240. The summed E-state index contributed by atoms with van der Waals surface area (Å²) in [4.78, 5) is 11.9. The Hall–Kier alpha value is -1.27. The van der Waals surface area contributed by atoms with E-state index in [0.717, 1.165) is 7.11 Å². The molecule has 0 saturated heterocycles. The van der Waals surface area contributed by atoms with Crippen molar-refractivity contribution < 1.29 is 58.2 Å². The number of esters is 1. The standard InChI is InChI=1S/C21H28F10O3/c1-9-4-10-6-20(5-9,34-18(32)19(2,29)30)8-21(31,17(10)33-3)16(28)15(27)14(26)13(25)12(24)11(23)7-22/h9-17H,4-8H2,1-3H3. The molecular formula is C21H28F10O3. The molecule has 2 aliphatic rings. The van der Waals surface area contributed by atoms with E-state index in [-0.39, 0.29) is 32.1 Å². The van der Waals surface area contributed by atoms with Crippen molar-refractivity contribution in [1.82, 2.24) is 0 Å². The number of rotatable bonds is 10. The van der Waals surface area contributed by atoms with Gasteiger partial charge in [0, 0.05) is 20.5 Å². The first kappa shape index (κ1) is 29.0. The van der Waals surface area contributed by atoms with Gasteiger partial charge in [-0.1, -0.05) is 6.92 Å². The second-order valence-electron chi connectivity index (χ2n) is 9.58. The summed E-state index contributed by atoms with van der Waals surface area (Å²) >= 11 is 0. The van der Waals surface area contributed by atoms with Gasteiger partial charge in [-0.3, -0.25) is 0 Å². The Kier molecular flexibility index (Phi) is 8.84. The lowest BCUT2D eigenvalue weighted by Crippen LogP contribution is -2.66. The van der Waals surface area contributed by atoms with Gasteiger partial charge in [0.25, 0.3) is 0 Å². The predicted octanol–water partition coefficient (Wildman–Crippen LogP) is 5.48. The summed E-state index contributed by atoms with van der Waals surface area (Å²) in [5.74, 6) is -7.33. The lowest BCUT2D eigenvalue weighted by atomic mass is 9.58. The number of carbonyl (C=O) groups is 1. The minimum atomic E-state index is -3.99. The van der Waals surface area contributed by atoms with Gasteiger partial charge >= 0.3 is 11.9 Å². The van der Waals surface area contributed by atoms with Crippen molar-refractivity contribution in [3.8, 4) is 0 Å². The van der Waals surface area contributed by atoms with Crippen LogP contribution in [0.5, 0.6) is 0 Å². The SMILES string of the molecule is COC1C2CC(C)CC(OC(=O)C(C)(F)F)(C2)CC1(F)C(F)C(F)C(F)C(F)C(F)C(F)CF. The number of methoxy groups -OCH3 is 1. The molecular weight excluding hydrogens is 490 g/mol. The van der Waals surface area contributed by atoms with Crippen LogP contribution in [0.2, 0.25) is 0 Å². The zero-order chi connectivity index (χ0) is 26.2. The fourth-order valence-electron chi connectivity index (χ4n) is 5.35. The van der Waals surface area contributed by atoms with Crippen molar-refractivity contribution in [3.05, 3.63) is 0 Å². The number of hydrogen-bond donors (Lipinski definition) is 0. The van der Waals surface area contributed by atoms with Gasteiger partial charge in [0.2, 0.25) is 0 Å². The minimum absolute atomic E-state index is 0.132. The molecule has 0 aromatic carbocycles. The molecule has 11 unspecified atom stereocenters. The highest BCUT2D eigenvalue weighted by atomic mass is 19.3. The van der Waals surface area contributed by atoms with Crippen molar-refractivity contribution in [3.63, 3.8) is 0 Å². The average Bonchev–Trinajstić information content (AvgIpc) is 2.74. The van der Waals surface area contributed by atoms with Gasteiger partial charge in [-0.2, -0.15) is 8.78 Å². The van der Waals surface area contributed by atoms with E-state index in [1.165, 1.54) is 0 Å². The molecule has 2 aliphatic carbocycles. The maximum absolute atomic E-state index is 16.1. The fourth-order valence-corrected chi connectivity index (χ4v) is 5.35. The van der Waals surface area contributed by atoms with Crippen LogP contribution in [0.3, 0.4) is 0 Å². The molecule has 0 spiro atoms. The molecule has 3 nitrogen and oxygen atoms in total. The molecule has 2 bridgehead atoms. The van der Waals surface area contributed by atoms with Crippen molar-refractivity contribution in [2.24, 2.45) is 11.8 Å². The summed E-state index contributed by atoms with van der Waals surface area (Å²) in [7, 11) is 0.939. The quantitative estimate of drug-likeness (QED) is 0.284. The van der Waals surface area contributed by atoms with Gasteiger partial charge in [-0.25, -0.2) is 39.9 Å². The monoisotopic (exact) mass is 518 g/mol. The van der Waals surface area contributed by atoms with Crippen LogP contribution in [-0.2, 0) is 14.3 Å². The van der Waals surface area contributed by atoms with Crippen molar-refractivity contribution in [1.29, 1.82) is 0 Å². The van der Waals surface area contributed by atoms with E-state index >= 15 is 8.78 Å².